The summed E-state index contributed by atoms with van der Waals surface area (Å²) in [5, 5.41) is 1.16. The third-order valence-electron chi connectivity index (χ3n) is 4.16. The second-order valence-corrected chi connectivity index (χ2v) is 6.57. The monoisotopic (exact) mass is 280 g/mol. The molecule has 1 aliphatic carbocycles. The van der Waals surface area contributed by atoms with Gasteiger partial charge in [-0.1, -0.05) is 36.4 Å². The number of para-hydroxylation sites is 1. The second kappa shape index (κ2) is 4.69. The van der Waals surface area contributed by atoms with Crippen LogP contribution in [0.4, 0.5) is 0 Å². The summed E-state index contributed by atoms with van der Waals surface area (Å²) in [5.74, 6) is 0.498. The molecule has 0 bridgehead atoms. The van der Waals surface area contributed by atoms with Crippen molar-refractivity contribution >= 4 is 21.6 Å². The van der Waals surface area contributed by atoms with Crippen molar-refractivity contribution < 1.29 is 0 Å². The third-order valence-corrected chi connectivity index (χ3v) is 5.22. The van der Waals surface area contributed by atoms with Crippen LogP contribution in [0.15, 0.2) is 48.5 Å². The first-order chi connectivity index (χ1) is 9.81. The molecule has 2 atom stereocenters. The topological polar surface area (TPSA) is 38.9 Å². The zero-order valence-corrected chi connectivity index (χ0v) is 11.9. The van der Waals surface area contributed by atoms with E-state index >= 15 is 0 Å². The van der Waals surface area contributed by atoms with Crippen molar-refractivity contribution in [3.05, 3.63) is 64.7 Å². The molecular weight excluding hydrogens is 264 g/mol. The highest BCUT2D eigenvalue weighted by molar-refractivity contribution is 7.18. The van der Waals surface area contributed by atoms with Gasteiger partial charge >= 0.3 is 0 Å². The molecule has 2 N–H and O–H groups in total. The SMILES string of the molecule is NC(Cc1nc2ccccc2s1)C1Cc2ccccc21. The number of aromatic nitrogens is 1. The first-order valence-electron chi connectivity index (χ1n) is 6.99. The summed E-state index contributed by atoms with van der Waals surface area (Å²) in [6, 6.07) is 17.1. The summed E-state index contributed by atoms with van der Waals surface area (Å²) in [6.07, 6.45) is 1.99. The van der Waals surface area contributed by atoms with Gasteiger partial charge in [0.1, 0.15) is 0 Å². The van der Waals surface area contributed by atoms with E-state index in [1.165, 1.54) is 15.8 Å². The molecule has 0 aliphatic heterocycles. The molecule has 0 amide bonds. The average molecular weight is 280 g/mol. The van der Waals surface area contributed by atoms with Crippen LogP contribution in [0.5, 0.6) is 0 Å². The molecule has 0 saturated heterocycles. The minimum absolute atomic E-state index is 0.172. The van der Waals surface area contributed by atoms with Crippen LogP contribution in [0.2, 0.25) is 0 Å². The summed E-state index contributed by atoms with van der Waals surface area (Å²) in [7, 11) is 0. The van der Waals surface area contributed by atoms with Gasteiger partial charge in [0.25, 0.3) is 0 Å². The Kier molecular flexibility index (Phi) is 2.83. The first kappa shape index (κ1) is 12.1. The Morgan fingerprint density at radius 1 is 1.15 bits per heavy atom. The number of rotatable bonds is 3. The van der Waals surface area contributed by atoms with Gasteiger partial charge in [-0.05, 0) is 29.7 Å². The molecule has 2 unspecified atom stereocenters. The number of benzene rings is 2. The van der Waals surface area contributed by atoms with Crippen molar-refractivity contribution in [3.8, 4) is 0 Å². The van der Waals surface area contributed by atoms with Gasteiger partial charge in [-0.2, -0.15) is 0 Å². The lowest BCUT2D eigenvalue weighted by Gasteiger charge is -2.34. The fraction of sp³-hybridized carbons (Fsp3) is 0.235. The number of hydrogen-bond donors (Lipinski definition) is 1. The van der Waals surface area contributed by atoms with Crippen molar-refractivity contribution in [1.29, 1.82) is 0 Å². The molecule has 2 nitrogen and oxygen atoms in total. The highest BCUT2D eigenvalue weighted by atomic mass is 32.1. The predicted octanol–water partition coefficient (Wildman–Crippen LogP) is 3.51. The van der Waals surface area contributed by atoms with Crippen molar-refractivity contribution in [3.63, 3.8) is 0 Å². The molecule has 20 heavy (non-hydrogen) atoms. The molecule has 1 heterocycles. The quantitative estimate of drug-likeness (QED) is 0.797. The molecule has 0 radical (unpaired) electrons. The van der Waals surface area contributed by atoms with E-state index in [0.717, 1.165) is 23.4 Å². The lowest BCUT2D eigenvalue weighted by Crippen LogP contribution is -2.37. The van der Waals surface area contributed by atoms with Crippen molar-refractivity contribution in [2.24, 2.45) is 5.73 Å². The van der Waals surface area contributed by atoms with Crippen molar-refractivity contribution in [2.45, 2.75) is 24.8 Å². The lowest BCUT2D eigenvalue weighted by atomic mass is 9.73. The van der Waals surface area contributed by atoms with Gasteiger partial charge in [0.2, 0.25) is 0 Å². The average Bonchev–Trinajstić information content (AvgIpc) is 2.82. The van der Waals surface area contributed by atoms with Crippen LogP contribution in [0.1, 0.15) is 22.1 Å². The Bertz CT molecular complexity index is 729. The van der Waals surface area contributed by atoms with E-state index in [9.17, 15) is 0 Å². The first-order valence-corrected chi connectivity index (χ1v) is 7.81. The van der Waals surface area contributed by atoms with E-state index in [2.05, 4.69) is 47.4 Å². The van der Waals surface area contributed by atoms with E-state index < -0.39 is 0 Å². The van der Waals surface area contributed by atoms with Gasteiger partial charge in [-0.15, -0.1) is 11.3 Å². The maximum absolute atomic E-state index is 6.41. The van der Waals surface area contributed by atoms with Gasteiger partial charge in [0.05, 0.1) is 15.2 Å². The molecule has 2 aromatic carbocycles. The minimum atomic E-state index is 0.172. The Morgan fingerprint density at radius 2 is 1.95 bits per heavy atom. The molecule has 3 aromatic rings. The fourth-order valence-electron chi connectivity index (χ4n) is 3.03. The predicted molar refractivity (Wildman–Crippen MR) is 84.2 cm³/mol. The van der Waals surface area contributed by atoms with Crippen LogP contribution < -0.4 is 5.73 Å². The summed E-state index contributed by atoms with van der Waals surface area (Å²) >= 11 is 1.77. The second-order valence-electron chi connectivity index (χ2n) is 5.45. The number of hydrogen-bond acceptors (Lipinski definition) is 3. The maximum atomic E-state index is 6.41. The molecule has 1 aromatic heterocycles. The van der Waals surface area contributed by atoms with E-state index in [0.29, 0.717) is 5.92 Å². The van der Waals surface area contributed by atoms with Gasteiger partial charge in [-0.3, -0.25) is 0 Å². The van der Waals surface area contributed by atoms with Crippen LogP contribution in [-0.2, 0) is 12.8 Å². The molecule has 1 aliphatic rings. The summed E-state index contributed by atoms with van der Waals surface area (Å²) in [4.78, 5) is 4.69. The van der Waals surface area contributed by atoms with Crippen molar-refractivity contribution in [1.82, 2.24) is 4.98 Å². The van der Waals surface area contributed by atoms with Gasteiger partial charge in [-0.25, -0.2) is 4.98 Å². The lowest BCUT2D eigenvalue weighted by molar-refractivity contribution is 0.480. The maximum Gasteiger partial charge on any atom is 0.0954 e. The fourth-order valence-corrected chi connectivity index (χ4v) is 4.07. The number of fused-ring (bicyclic) bond motifs is 2. The number of nitrogens with two attached hydrogens (primary N) is 1. The number of thiazole rings is 1. The minimum Gasteiger partial charge on any atom is -0.327 e. The van der Waals surface area contributed by atoms with E-state index in [1.54, 1.807) is 11.3 Å². The van der Waals surface area contributed by atoms with Gasteiger partial charge < -0.3 is 5.73 Å². The molecule has 3 heteroatoms. The highest BCUT2D eigenvalue weighted by Gasteiger charge is 2.31. The molecule has 0 saturated carbocycles. The standard InChI is InChI=1S/C17H16N2S/c18-14(13-9-11-5-1-2-6-12(11)13)10-17-19-15-7-3-4-8-16(15)20-17/h1-8,13-14H,9-10,18H2. The Labute approximate surface area is 122 Å². The molecule has 0 spiro atoms. The molecule has 4 rings (SSSR count). The Morgan fingerprint density at radius 3 is 2.80 bits per heavy atom. The van der Waals surface area contributed by atoms with Crippen LogP contribution >= 0.6 is 11.3 Å². The van der Waals surface area contributed by atoms with Crippen LogP contribution in [0.25, 0.3) is 10.2 Å². The highest BCUT2D eigenvalue weighted by Crippen LogP contribution is 2.38. The molecular formula is C17H16N2S. The largest absolute Gasteiger partial charge is 0.327 e. The van der Waals surface area contributed by atoms with Gasteiger partial charge in [0.15, 0.2) is 0 Å². The molecule has 0 fully saturated rings. The van der Waals surface area contributed by atoms with Crippen LogP contribution in [-0.4, -0.2) is 11.0 Å². The number of nitrogens with zero attached hydrogens (tertiary/aromatic N) is 1. The molecule has 100 valence electrons. The van der Waals surface area contributed by atoms with Crippen LogP contribution in [0, 0.1) is 0 Å². The normalized spacial score (nSPS) is 18.6. The van der Waals surface area contributed by atoms with Gasteiger partial charge in [0, 0.05) is 18.4 Å². The van der Waals surface area contributed by atoms with Crippen LogP contribution in [0.3, 0.4) is 0 Å². The summed E-state index contributed by atoms with van der Waals surface area (Å²) < 4.78 is 1.25. The van der Waals surface area contributed by atoms with E-state index in [1.807, 2.05) is 6.07 Å². The van der Waals surface area contributed by atoms with E-state index in [-0.39, 0.29) is 6.04 Å². The Hall–Kier alpha value is -1.71. The summed E-state index contributed by atoms with van der Waals surface area (Å²) in [6.45, 7) is 0. The smallest absolute Gasteiger partial charge is 0.0954 e. The van der Waals surface area contributed by atoms with E-state index in [4.69, 9.17) is 5.73 Å². The summed E-state index contributed by atoms with van der Waals surface area (Å²) in [5.41, 5.74) is 10.4. The van der Waals surface area contributed by atoms with Crippen molar-refractivity contribution in [2.75, 3.05) is 0 Å². The third kappa shape index (κ3) is 1.94. The Balaban J connectivity index is 1.55. The zero-order valence-electron chi connectivity index (χ0n) is 11.1. The zero-order chi connectivity index (χ0) is 13.5.